The molecule has 0 amide bonds. The molecule has 0 spiro atoms. The van der Waals surface area contributed by atoms with Crippen molar-refractivity contribution in [2.24, 2.45) is 0 Å². The minimum Gasteiger partial charge on any atom is -0.493 e. The molecule has 0 aliphatic rings. The third-order valence-electron chi connectivity index (χ3n) is 3.30. The summed E-state index contributed by atoms with van der Waals surface area (Å²) < 4.78 is 1.34. The lowest BCUT2D eigenvalue weighted by Crippen LogP contribution is -2.12. The number of nitrogens with one attached hydrogen (secondary N) is 1. The number of H-pyrrole nitrogens is 1. The second-order valence-corrected chi connectivity index (χ2v) is 5.07. The fourth-order valence-electron chi connectivity index (χ4n) is 2.22. The van der Waals surface area contributed by atoms with Gasteiger partial charge >= 0.3 is 0 Å². The number of aryl methyl sites for hydroxylation is 1. The summed E-state index contributed by atoms with van der Waals surface area (Å²) in [4.78, 5) is 14.6. The lowest BCUT2D eigenvalue weighted by atomic mass is 10.1. The maximum atomic E-state index is 11.8. The fraction of sp³-hybridized carbons (Fsp3) is 0.143. The lowest BCUT2D eigenvalue weighted by Gasteiger charge is -2.03. The van der Waals surface area contributed by atoms with Crippen molar-refractivity contribution in [1.82, 2.24) is 14.6 Å². The fourth-order valence-corrected chi connectivity index (χ4v) is 2.35. The molecule has 0 saturated heterocycles. The molecule has 1 aromatic carbocycles. The average molecular weight is 290 g/mol. The lowest BCUT2D eigenvalue weighted by molar-refractivity contribution is 0.429. The summed E-state index contributed by atoms with van der Waals surface area (Å²) in [5.41, 5.74) is 2.74. The van der Waals surface area contributed by atoms with Crippen LogP contribution in [-0.4, -0.2) is 19.7 Å². The predicted octanol–water partition coefficient (Wildman–Crippen LogP) is 2.67. The predicted molar refractivity (Wildman–Crippen MR) is 77.4 cm³/mol. The highest BCUT2D eigenvalue weighted by molar-refractivity contribution is 6.30. The van der Waals surface area contributed by atoms with Crippen LogP contribution in [-0.2, 0) is 0 Å². The Bertz CT molecular complexity index is 863. The van der Waals surface area contributed by atoms with Gasteiger partial charge in [0.1, 0.15) is 5.65 Å². The van der Waals surface area contributed by atoms with Crippen LogP contribution in [0.3, 0.4) is 0 Å². The number of aromatic amines is 1. The largest absolute Gasteiger partial charge is 0.493 e. The van der Waals surface area contributed by atoms with Crippen LogP contribution in [0, 0.1) is 13.8 Å². The Kier molecular flexibility index (Phi) is 2.79. The maximum absolute atomic E-state index is 11.8. The SMILES string of the molecule is Cc1nn2c(O)c(C)c(=O)[nH]c2c1-c1ccc(Cl)cc1. The number of benzene rings is 1. The van der Waals surface area contributed by atoms with E-state index in [1.54, 1.807) is 19.1 Å². The molecule has 6 heteroatoms. The number of fused-ring (bicyclic) bond motifs is 1. The standard InChI is InChI=1S/C14H12ClN3O2/c1-7-13(19)16-12-11(8(2)17-18(12)14(7)20)9-3-5-10(15)6-4-9/h3-6,20H,1-2H3,(H,16,19). The first-order valence-corrected chi connectivity index (χ1v) is 6.44. The molecule has 0 unspecified atom stereocenters. The summed E-state index contributed by atoms with van der Waals surface area (Å²) in [5.74, 6) is -0.146. The van der Waals surface area contributed by atoms with Crippen LogP contribution in [0.1, 0.15) is 11.3 Å². The molecule has 2 aromatic heterocycles. The van der Waals surface area contributed by atoms with Gasteiger partial charge in [-0.15, -0.1) is 0 Å². The van der Waals surface area contributed by atoms with Gasteiger partial charge in [0.15, 0.2) is 0 Å². The number of halogens is 1. The van der Waals surface area contributed by atoms with Crippen LogP contribution in [0.25, 0.3) is 16.8 Å². The Labute approximate surface area is 119 Å². The summed E-state index contributed by atoms with van der Waals surface area (Å²) in [6, 6.07) is 7.24. The molecule has 0 bridgehead atoms. The first-order chi connectivity index (χ1) is 9.49. The highest BCUT2D eigenvalue weighted by Crippen LogP contribution is 2.29. The molecule has 2 heterocycles. The molecule has 0 radical (unpaired) electrons. The van der Waals surface area contributed by atoms with Gasteiger partial charge in [-0.1, -0.05) is 23.7 Å². The van der Waals surface area contributed by atoms with Gasteiger partial charge in [0, 0.05) is 10.6 Å². The van der Waals surface area contributed by atoms with Crippen LogP contribution >= 0.6 is 11.6 Å². The molecule has 20 heavy (non-hydrogen) atoms. The smallest absolute Gasteiger partial charge is 0.257 e. The minimum absolute atomic E-state index is 0.146. The van der Waals surface area contributed by atoms with E-state index >= 15 is 0 Å². The Morgan fingerprint density at radius 3 is 2.55 bits per heavy atom. The first kappa shape index (κ1) is 12.7. The Morgan fingerprint density at radius 1 is 1.25 bits per heavy atom. The Morgan fingerprint density at radius 2 is 1.90 bits per heavy atom. The zero-order chi connectivity index (χ0) is 14.4. The second-order valence-electron chi connectivity index (χ2n) is 4.63. The zero-order valence-electron chi connectivity index (χ0n) is 10.9. The molecular weight excluding hydrogens is 278 g/mol. The number of nitrogens with zero attached hydrogens (tertiary/aromatic N) is 2. The molecule has 0 aliphatic heterocycles. The van der Waals surface area contributed by atoms with E-state index < -0.39 is 0 Å². The summed E-state index contributed by atoms with van der Waals surface area (Å²) in [6.45, 7) is 3.37. The number of aromatic nitrogens is 3. The summed E-state index contributed by atoms with van der Waals surface area (Å²) in [5, 5.41) is 14.9. The van der Waals surface area contributed by atoms with Gasteiger partial charge in [-0.3, -0.25) is 4.79 Å². The van der Waals surface area contributed by atoms with E-state index in [1.807, 2.05) is 19.1 Å². The topological polar surface area (TPSA) is 70.4 Å². The number of hydrogen-bond acceptors (Lipinski definition) is 3. The monoisotopic (exact) mass is 289 g/mol. The van der Waals surface area contributed by atoms with E-state index in [0.717, 1.165) is 11.1 Å². The molecule has 0 saturated carbocycles. The summed E-state index contributed by atoms with van der Waals surface area (Å²) in [7, 11) is 0. The molecule has 3 rings (SSSR count). The van der Waals surface area contributed by atoms with Crippen molar-refractivity contribution in [3.05, 3.63) is 50.9 Å². The zero-order valence-corrected chi connectivity index (χ0v) is 11.7. The molecular formula is C14H12ClN3O2. The van der Waals surface area contributed by atoms with Crippen molar-refractivity contribution in [1.29, 1.82) is 0 Å². The molecule has 102 valence electrons. The van der Waals surface area contributed by atoms with E-state index in [4.69, 9.17) is 11.6 Å². The van der Waals surface area contributed by atoms with E-state index in [9.17, 15) is 9.90 Å². The van der Waals surface area contributed by atoms with Crippen molar-refractivity contribution in [2.45, 2.75) is 13.8 Å². The van der Waals surface area contributed by atoms with Crippen molar-refractivity contribution in [3.8, 4) is 17.0 Å². The normalized spacial score (nSPS) is 11.2. The molecule has 2 N–H and O–H groups in total. The van der Waals surface area contributed by atoms with Crippen LogP contribution in [0.5, 0.6) is 5.88 Å². The van der Waals surface area contributed by atoms with Gasteiger partial charge in [-0.25, -0.2) is 0 Å². The first-order valence-electron chi connectivity index (χ1n) is 6.06. The number of hydrogen-bond donors (Lipinski definition) is 2. The van der Waals surface area contributed by atoms with Gasteiger partial charge in [-0.05, 0) is 31.5 Å². The Hall–Kier alpha value is -2.27. The van der Waals surface area contributed by atoms with Gasteiger partial charge < -0.3 is 10.1 Å². The number of aromatic hydroxyl groups is 1. The van der Waals surface area contributed by atoms with Crippen LogP contribution in [0.15, 0.2) is 29.1 Å². The molecule has 3 aromatic rings. The third-order valence-corrected chi connectivity index (χ3v) is 3.55. The van der Waals surface area contributed by atoms with E-state index in [0.29, 0.717) is 16.4 Å². The van der Waals surface area contributed by atoms with Crippen molar-refractivity contribution in [3.63, 3.8) is 0 Å². The average Bonchev–Trinajstić information content (AvgIpc) is 2.74. The summed E-state index contributed by atoms with van der Waals surface area (Å²) in [6.07, 6.45) is 0. The molecule has 5 nitrogen and oxygen atoms in total. The summed E-state index contributed by atoms with van der Waals surface area (Å²) >= 11 is 5.88. The van der Waals surface area contributed by atoms with Crippen LogP contribution in [0.4, 0.5) is 0 Å². The minimum atomic E-state index is -0.329. The highest BCUT2D eigenvalue weighted by atomic mass is 35.5. The molecule has 0 aliphatic carbocycles. The van der Waals surface area contributed by atoms with Gasteiger partial charge in [0.05, 0.1) is 11.3 Å². The van der Waals surface area contributed by atoms with E-state index in [2.05, 4.69) is 10.1 Å². The maximum Gasteiger partial charge on any atom is 0.257 e. The van der Waals surface area contributed by atoms with Gasteiger partial charge in [-0.2, -0.15) is 9.61 Å². The van der Waals surface area contributed by atoms with E-state index in [1.165, 1.54) is 4.52 Å². The highest BCUT2D eigenvalue weighted by Gasteiger charge is 2.17. The second kappa shape index (κ2) is 4.38. The Balaban J connectivity index is 2.39. The van der Waals surface area contributed by atoms with Crippen molar-refractivity contribution < 1.29 is 5.11 Å². The van der Waals surface area contributed by atoms with Crippen molar-refractivity contribution in [2.75, 3.05) is 0 Å². The molecule has 0 fully saturated rings. The third kappa shape index (κ3) is 1.78. The van der Waals surface area contributed by atoms with E-state index in [-0.39, 0.29) is 17.0 Å². The van der Waals surface area contributed by atoms with Gasteiger partial charge in [0.25, 0.3) is 5.56 Å². The van der Waals surface area contributed by atoms with Crippen LogP contribution < -0.4 is 5.56 Å². The molecule has 0 atom stereocenters. The number of rotatable bonds is 1. The van der Waals surface area contributed by atoms with Crippen molar-refractivity contribution >= 4 is 17.2 Å². The quantitative estimate of drug-likeness (QED) is 0.723. The van der Waals surface area contributed by atoms with Crippen LogP contribution in [0.2, 0.25) is 5.02 Å². The van der Waals surface area contributed by atoms with Gasteiger partial charge in [0.2, 0.25) is 5.88 Å².